The van der Waals surface area contributed by atoms with Gasteiger partial charge in [-0.05, 0) is 33.1 Å². The number of ether oxygens (including phenoxy) is 1. The maximum atomic E-state index is 11.4. The lowest BCUT2D eigenvalue weighted by Gasteiger charge is -2.37. The summed E-state index contributed by atoms with van der Waals surface area (Å²) in [4.78, 5) is 22.2. The molecule has 1 saturated heterocycles. The van der Waals surface area contributed by atoms with Gasteiger partial charge in [-0.1, -0.05) is 6.92 Å². The molecular formula is C15H23N3O3. The average Bonchev–Trinajstić information content (AvgIpc) is 2.44. The molecule has 0 bridgehead atoms. The van der Waals surface area contributed by atoms with Crippen LogP contribution in [0.15, 0.2) is 6.07 Å². The first-order valence-electron chi connectivity index (χ1n) is 7.41. The Bertz CT molecular complexity index is 521. The Balaban J connectivity index is 2.20. The number of aromatic nitrogens is 2. The van der Waals surface area contributed by atoms with Crippen molar-refractivity contribution in [3.05, 3.63) is 11.8 Å². The Labute approximate surface area is 125 Å². The predicted molar refractivity (Wildman–Crippen MR) is 79.7 cm³/mol. The third kappa shape index (κ3) is 3.62. The van der Waals surface area contributed by atoms with Crippen LogP contribution in [0.3, 0.4) is 0 Å². The van der Waals surface area contributed by atoms with Gasteiger partial charge in [0.2, 0.25) is 11.8 Å². The highest BCUT2D eigenvalue weighted by Gasteiger charge is 2.38. The molecule has 1 atom stereocenters. The third-order valence-electron chi connectivity index (χ3n) is 3.77. The smallest absolute Gasteiger partial charge is 0.311 e. The van der Waals surface area contributed by atoms with Gasteiger partial charge in [0.15, 0.2) is 0 Å². The van der Waals surface area contributed by atoms with Crippen LogP contribution in [-0.4, -0.2) is 40.7 Å². The average molecular weight is 293 g/mol. The minimum atomic E-state index is -0.762. The summed E-state index contributed by atoms with van der Waals surface area (Å²) in [6, 6.07) is 1.81. The van der Waals surface area contributed by atoms with E-state index in [1.54, 1.807) is 13.0 Å². The second-order valence-electron chi connectivity index (χ2n) is 5.89. The Hall–Kier alpha value is -1.85. The molecular weight excluding hydrogens is 270 g/mol. The van der Waals surface area contributed by atoms with Crippen LogP contribution in [0.1, 0.15) is 38.8 Å². The van der Waals surface area contributed by atoms with Crippen molar-refractivity contribution >= 4 is 11.9 Å². The normalized spacial score (nSPS) is 22.1. The lowest BCUT2D eigenvalue weighted by atomic mass is 9.82. The Morgan fingerprint density at radius 3 is 2.95 bits per heavy atom. The predicted octanol–water partition coefficient (Wildman–Crippen LogP) is 2.26. The summed E-state index contributed by atoms with van der Waals surface area (Å²) < 4.78 is 5.57. The minimum Gasteiger partial charge on any atom is -0.481 e. The van der Waals surface area contributed by atoms with Gasteiger partial charge >= 0.3 is 5.97 Å². The van der Waals surface area contributed by atoms with E-state index in [0.29, 0.717) is 31.4 Å². The topological polar surface area (TPSA) is 75.5 Å². The number of hydrogen-bond donors (Lipinski definition) is 1. The zero-order chi connectivity index (χ0) is 15.5. The number of piperidine rings is 1. The summed E-state index contributed by atoms with van der Waals surface area (Å²) >= 11 is 0. The lowest BCUT2D eigenvalue weighted by Crippen LogP contribution is -2.46. The molecule has 0 spiro atoms. The van der Waals surface area contributed by atoms with E-state index in [4.69, 9.17) is 4.74 Å². The molecule has 1 fully saturated rings. The van der Waals surface area contributed by atoms with Gasteiger partial charge in [-0.25, -0.2) is 4.98 Å². The number of rotatable bonds is 5. The first kappa shape index (κ1) is 15.5. The fourth-order valence-corrected chi connectivity index (χ4v) is 2.53. The summed E-state index contributed by atoms with van der Waals surface area (Å²) in [5.41, 5.74) is 0.0872. The van der Waals surface area contributed by atoms with Crippen molar-refractivity contribution in [3.8, 4) is 5.88 Å². The van der Waals surface area contributed by atoms with E-state index in [1.807, 2.05) is 18.7 Å². The quantitative estimate of drug-likeness (QED) is 0.897. The van der Waals surface area contributed by atoms with E-state index < -0.39 is 11.4 Å². The third-order valence-corrected chi connectivity index (χ3v) is 3.77. The second-order valence-corrected chi connectivity index (χ2v) is 5.89. The van der Waals surface area contributed by atoms with Crippen LogP contribution in [0.5, 0.6) is 5.88 Å². The molecule has 1 aliphatic rings. The van der Waals surface area contributed by atoms with E-state index in [2.05, 4.69) is 9.97 Å². The molecule has 116 valence electrons. The molecule has 1 unspecified atom stereocenters. The summed E-state index contributed by atoms with van der Waals surface area (Å²) in [7, 11) is 0. The number of hydrogen-bond acceptors (Lipinski definition) is 5. The van der Waals surface area contributed by atoms with Gasteiger partial charge in [0.1, 0.15) is 0 Å². The number of aliphatic carboxylic acids is 1. The van der Waals surface area contributed by atoms with Crippen LogP contribution in [0.2, 0.25) is 0 Å². The lowest BCUT2D eigenvalue weighted by molar-refractivity contribution is -0.148. The zero-order valence-corrected chi connectivity index (χ0v) is 12.9. The molecule has 2 heterocycles. The molecule has 0 radical (unpaired) electrons. The van der Waals surface area contributed by atoms with Crippen molar-refractivity contribution in [2.24, 2.45) is 5.41 Å². The molecule has 0 aliphatic carbocycles. The highest BCUT2D eigenvalue weighted by Crippen LogP contribution is 2.31. The maximum Gasteiger partial charge on any atom is 0.311 e. The van der Waals surface area contributed by atoms with Gasteiger partial charge in [-0.3, -0.25) is 4.79 Å². The van der Waals surface area contributed by atoms with E-state index in [-0.39, 0.29) is 0 Å². The number of carboxylic acids is 1. The first-order chi connectivity index (χ1) is 9.94. The largest absolute Gasteiger partial charge is 0.481 e. The Morgan fingerprint density at radius 2 is 2.29 bits per heavy atom. The minimum absolute atomic E-state index is 0.430. The van der Waals surface area contributed by atoms with Gasteiger partial charge in [-0.15, -0.1) is 0 Å². The molecule has 2 rings (SSSR count). The van der Waals surface area contributed by atoms with Crippen LogP contribution < -0.4 is 9.64 Å². The number of anilines is 1. The van der Waals surface area contributed by atoms with Crippen LogP contribution in [0.4, 0.5) is 5.95 Å². The van der Waals surface area contributed by atoms with Crippen molar-refractivity contribution in [3.63, 3.8) is 0 Å². The van der Waals surface area contributed by atoms with Gasteiger partial charge in [0.25, 0.3) is 0 Å². The van der Waals surface area contributed by atoms with Gasteiger partial charge in [0, 0.05) is 24.8 Å². The monoisotopic (exact) mass is 293 g/mol. The fraction of sp³-hybridized carbons (Fsp3) is 0.667. The number of carboxylic acid groups (broad SMARTS) is 1. The van der Waals surface area contributed by atoms with E-state index in [1.165, 1.54) is 0 Å². The van der Waals surface area contributed by atoms with Crippen LogP contribution in [0.25, 0.3) is 0 Å². The molecule has 0 saturated carbocycles. The van der Waals surface area contributed by atoms with E-state index >= 15 is 0 Å². The summed E-state index contributed by atoms with van der Waals surface area (Å²) in [6.07, 6.45) is 2.42. The molecule has 1 aliphatic heterocycles. The van der Waals surface area contributed by atoms with Crippen molar-refractivity contribution < 1.29 is 14.6 Å². The van der Waals surface area contributed by atoms with E-state index in [9.17, 15) is 9.90 Å². The van der Waals surface area contributed by atoms with Crippen LogP contribution >= 0.6 is 0 Å². The van der Waals surface area contributed by atoms with Crippen LogP contribution in [0, 0.1) is 12.3 Å². The molecule has 1 N–H and O–H groups in total. The molecule has 1 aromatic heterocycles. The number of nitrogens with zero attached hydrogens (tertiary/aromatic N) is 3. The van der Waals surface area contributed by atoms with E-state index in [0.717, 1.165) is 25.1 Å². The van der Waals surface area contributed by atoms with Crippen molar-refractivity contribution in [1.29, 1.82) is 0 Å². The molecule has 6 nitrogen and oxygen atoms in total. The number of aryl methyl sites for hydroxylation is 1. The van der Waals surface area contributed by atoms with Gasteiger partial charge in [0.05, 0.1) is 12.0 Å². The summed E-state index contributed by atoms with van der Waals surface area (Å²) in [5.74, 6) is 0.359. The van der Waals surface area contributed by atoms with Gasteiger partial charge in [-0.2, -0.15) is 4.98 Å². The molecule has 0 aromatic carbocycles. The highest BCUT2D eigenvalue weighted by molar-refractivity contribution is 5.75. The number of carbonyl (C=O) groups is 1. The van der Waals surface area contributed by atoms with Gasteiger partial charge < -0.3 is 14.7 Å². The van der Waals surface area contributed by atoms with Crippen molar-refractivity contribution in [1.82, 2.24) is 9.97 Å². The standard InChI is InChI=1S/C15H23N3O3/c1-4-8-21-12-9-11(2)16-14(17-12)18-7-5-6-15(3,10-18)13(19)20/h9H,4-8,10H2,1-3H3,(H,19,20). The molecule has 21 heavy (non-hydrogen) atoms. The SMILES string of the molecule is CCCOc1cc(C)nc(N2CCCC(C)(C(=O)O)C2)n1. The van der Waals surface area contributed by atoms with Crippen molar-refractivity contribution in [2.45, 2.75) is 40.0 Å². The van der Waals surface area contributed by atoms with Crippen molar-refractivity contribution in [2.75, 3.05) is 24.6 Å². The first-order valence-corrected chi connectivity index (χ1v) is 7.41. The molecule has 6 heteroatoms. The zero-order valence-electron chi connectivity index (χ0n) is 12.9. The maximum absolute atomic E-state index is 11.4. The summed E-state index contributed by atoms with van der Waals surface area (Å²) in [5, 5.41) is 9.40. The highest BCUT2D eigenvalue weighted by atomic mass is 16.5. The fourth-order valence-electron chi connectivity index (χ4n) is 2.53. The second kappa shape index (κ2) is 6.28. The Morgan fingerprint density at radius 1 is 1.52 bits per heavy atom. The van der Waals surface area contributed by atoms with Crippen LogP contribution in [-0.2, 0) is 4.79 Å². The Kier molecular flexibility index (Phi) is 4.65. The molecule has 0 amide bonds. The molecule has 1 aromatic rings. The summed E-state index contributed by atoms with van der Waals surface area (Å²) in [6.45, 7) is 7.54.